The largest absolute Gasteiger partial charge is 0.510 e. The zero-order valence-electron chi connectivity index (χ0n) is 12.8. The molecule has 0 bridgehead atoms. The van der Waals surface area contributed by atoms with Crippen LogP contribution in [0.5, 0.6) is 0 Å². The Bertz CT molecular complexity index is 651. The smallest absolute Gasteiger partial charge is 0.248 e. The van der Waals surface area contributed by atoms with Crippen molar-refractivity contribution in [3.05, 3.63) is 23.6 Å². The average Bonchev–Trinajstić information content (AvgIpc) is 2.79. The first kappa shape index (κ1) is 15.6. The zero-order chi connectivity index (χ0) is 16.6. The predicted molar refractivity (Wildman–Crippen MR) is 83.4 cm³/mol. The van der Waals surface area contributed by atoms with Crippen LogP contribution in [0.3, 0.4) is 0 Å². The molecule has 0 spiro atoms. The van der Waals surface area contributed by atoms with Crippen LogP contribution in [0, 0.1) is 12.3 Å². The van der Waals surface area contributed by atoms with E-state index in [1.807, 2.05) is 0 Å². The predicted octanol–water partition coefficient (Wildman–Crippen LogP) is 3.01. The molecular formula is C15H19F2N5O. The molecule has 1 fully saturated rings. The first-order chi connectivity index (χ1) is 10.8. The van der Waals surface area contributed by atoms with Gasteiger partial charge < -0.3 is 10.4 Å². The molecule has 23 heavy (non-hydrogen) atoms. The Hall–Kier alpha value is -2.25. The van der Waals surface area contributed by atoms with E-state index < -0.39 is 5.92 Å². The lowest BCUT2D eigenvalue weighted by Crippen LogP contribution is -2.33. The summed E-state index contributed by atoms with van der Waals surface area (Å²) in [6.07, 6.45) is 1.91. The van der Waals surface area contributed by atoms with Crippen LogP contribution in [0.25, 0.3) is 0 Å². The van der Waals surface area contributed by atoms with Crippen LogP contribution in [0.1, 0.15) is 31.4 Å². The summed E-state index contributed by atoms with van der Waals surface area (Å²) >= 11 is 0. The second-order valence-electron chi connectivity index (χ2n) is 6.08. The lowest BCUT2D eigenvalue weighted by molar-refractivity contribution is -0.0361. The van der Waals surface area contributed by atoms with E-state index in [-0.39, 0.29) is 37.0 Å². The van der Waals surface area contributed by atoms with Crippen LogP contribution in [-0.2, 0) is 0 Å². The molecule has 0 radical (unpaired) electrons. The molecular weight excluding hydrogens is 304 g/mol. The van der Waals surface area contributed by atoms with Gasteiger partial charge >= 0.3 is 0 Å². The number of anilines is 2. The second-order valence-corrected chi connectivity index (χ2v) is 6.08. The molecule has 0 atom stereocenters. The zero-order valence-corrected chi connectivity index (χ0v) is 12.8. The molecule has 2 heterocycles. The van der Waals surface area contributed by atoms with Crippen molar-refractivity contribution in [3.8, 4) is 0 Å². The number of aromatic nitrogens is 2. The van der Waals surface area contributed by atoms with Crippen LogP contribution in [-0.4, -0.2) is 39.4 Å². The lowest BCUT2D eigenvalue weighted by Gasteiger charge is -2.29. The number of nitrogens with one attached hydrogen (secondary N) is 2. The highest BCUT2D eigenvalue weighted by molar-refractivity contribution is 6.05. The van der Waals surface area contributed by atoms with Crippen molar-refractivity contribution in [3.63, 3.8) is 0 Å². The number of aryl methyl sites for hydroxylation is 1. The molecule has 8 heteroatoms. The number of nitrogens with zero attached hydrogens (tertiary/aromatic N) is 3. The van der Waals surface area contributed by atoms with Gasteiger partial charge in [-0.15, -0.1) is 0 Å². The van der Waals surface area contributed by atoms with Crippen molar-refractivity contribution in [2.75, 3.05) is 16.8 Å². The van der Waals surface area contributed by atoms with Gasteiger partial charge in [-0.1, -0.05) is 0 Å². The van der Waals surface area contributed by atoms with E-state index in [1.165, 1.54) is 11.0 Å². The number of aliphatic hydroxyl groups excluding tert-OH is 1. The van der Waals surface area contributed by atoms with Gasteiger partial charge in [0.15, 0.2) is 0 Å². The standard InChI is InChI=1S/C15H19F2N5O/c1-9-6-13(20-10-2-4-15(16,17)5-3-10)21-14(19-9)22-8-11(23)7-12(22)18/h6-7,10,18,23H,2-5,8H2,1H3,(H,19,20,21). The van der Waals surface area contributed by atoms with E-state index in [0.29, 0.717) is 30.3 Å². The summed E-state index contributed by atoms with van der Waals surface area (Å²) in [7, 11) is 0. The molecule has 3 rings (SSSR count). The fraction of sp³-hybridized carbons (Fsp3) is 0.533. The summed E-state index contributed by atoms with van der Waals surface area (Å²) < 4.78 is 26.4. The molecule has 1 aliphatic heterocycles. The van der Waals surface area contributed by atoms with E-state index in [0.717, 1.165) is 0 Å². The van der Waals surface area contributed by atoms with Crippen LogP contribution >= 0.6 is 0 Å². The summed E-state index contributed by atoms with van der Waals surface area (Å²) in [5, 5.41) is 20.5. The molecule has 1 saturated carbocycles. The fourth-order valence-electron chi connectivity index (χ4n) is 2.85. The Morgan fingerprint density at radius 3 is 2.65 bits per heavy atom. The van der Waals surface area contributed by atoms with Crippen molar-refractivity contribution < 1.29 is 13.9 Å². The van der Waals surface area contributed by atoms with Gasteiger partial charge in [0.1, 0.15) is 17.4 Å². The Morgan fingerprint density at radius 1 is 1.35 bits per heavy atom. The first-order valence-corrected chi connectivity index (χ1v) is 7.58. The SMILES string of the molecule is Cc1cc(NC2CCC(F)(F)CC2)nc(N2CC(O)=CC2=N)n1. The van der Waals surface area contributed by atoms with Crippen LogP contribution < -0.4 is 10.2 Å². The number of alkyl halides is 2. The Labute approximate surface area is 132 Å². The Balaban J connectivity index is 1.73. The highest BCUT2D eigenvalue weighted by Crippen LogP contribution is 2.34. The highest BCUT2D eigenvalue weighted by atomic mass is 19.3. The summed E-state index contributed by atoms with van der Waals surface area (Å²) in [6.45, 7) is 1.97. The number of halogens is 2. The molecule has 1 aromatic rings. The highest BCUT2D eigenvalue weighted by Gasteiger charge is 2.35. The number of aliphatic hydroxyl groups is 1. The lowest BCUT2D eigenvalue weighted by atomic mass is 9.92. The molecule has 6 nitrogen and oxygen atoms in total. The number of amidine groups is 1. The maximum atomic E-state index is 13.2. The summed E-state index contributed by atoms with van der Waals surface area (Å²) in [6, 6.07) is 1.71. The van der Waals surface area contributed by atoms with Crippen molar-refractivity contribution in [2.45, 2.75) is 44.6 Å². The van der Waals surface area contributed by atoms with Crippen molar-refractivity contribution in [2.24, 2.45) is 0 Å². The quantitative estimate of drug-likeness (QED) is 0.796. The van der Waals surface area contributed by atoms with E-state index in [4.69, 9.17) is 5.41 Å². The average molecular weight is 323 g/mol. The molecule has 1 aliphatic carbocycles. The van der Waals surface area contributed by atoms with E-state index in [9.17, 15) is 13.9 Å². The van der Waals surface area contributed by atoms with E-state index in [2.05, 4.69) is 15.3 Å². The van der Waals surface area contributed by atoms with Gasteiger partial charge in [-0.3, -0.25) is 10.3 Å². The van der Waals surface area contributed by atoms with Crippen LogP contribution in [0.4, 0.5) is 20.5 Å². The first-order valence-electron chi connectivity index (χ1n) is 7.58. The van der Waals surface area contributed by atoms with Crippen LogP contribution in [0.2, 0.25) is 0 Å². The normalized spacial score (nSPS) is 21.4. The van der Waals surface area contributed by atoms with E-state index in [1.54, 1.807) is 13.0 Å². The van der Waals surface area contributed by atoms with Crippen molar-refractivity contribution in [1.29, 1.82) is 5.41 Å². The Kier molecular flexibility index (Phi) is 3.91. The second kappa shape index (κ2) is 5.75. The maximum Gasteiger partial charge on any atom is 0.248 e. The third-order valence-corrected chi connectivity index (χ3v) is 4.07. The van der Waals surface area contributed by atoms with Gasteiger partial charge in [-0.25, -0.2) is 13.8 Å². The minimum absolute atomic E-state index is 0.0404. The van der Waals surface area contributed by atoms with Crippen molar-refractivity contribution >= 4 is 17.6 Å². The molecule has 0 unspecified atom stereocenters. The minimum Gasteiger partial charge on any atom is -0.510 e. The molecule has 1 aromatic heterocycles. The van der Waals surface area contributed by atoms with E-state index >= 15 is 0 Å². The Morgan fingerprint density at radius 2 is 2.04 bits per heavy atom. The third kappa shape index (κ3) is 3.57. The summed E-state index contributed by atoms with van der Waals surface area (Å²) in [5.41, 5.74) is 0.706. The molecule has 0 aromatic carbocycles. The molecule has 0 saturated heterocycles. The monoisotopic (exact) mass is 323 g/mol. The van der Waals surface area contributed by atoms with Gasteiger partial charge in [0.25, 0.3) is 0 Å². The van der Waals surface area contributed by atoms with Crippen molar-refractivity contribution in [1.82, 2.24) is 9.97 Å². The maximum absolute atomic E-state index is 13.2. The van der Waals surface area contributed by atoms with Gasteiger partial charge in [0.2, 0.25) is 11.9 Å². The number of hydrogen-bond donors (Lipinski definition) is 3. The summed E-state index contributed by atoms with van der Waals surface area (Å²) in [4.78, 5) is 10.1. The molecule has 124 valence electrons. The van der Waals surface area contributed by atoms with Gasteiger partial charge in [-0.2, -0.15) is 4.98 Å². The van der Waals surface area contributed by atoms with Gasteiger partial charge in [0, 0.05) is 36.7 Å². The number of hydrogen-bond acceptors (Lipinski definition) is 5. The summed E-state index contributed by atoms with van der Waals surface area (Å²) in [5.74, 6) is -1.47. The van der Waals surface area contributed by atoms with Crippen LogP contribution in [0.15, 0.2) is 17.9 Å². The molecule has 2 aliphatic rings. The van der Waals surface area contributed by atoms with Gasteiger partial charge in [-0.05, 0) is 19.8 Å². The topological polar surface area (TPSA) is 85.1 Å². The minimum atomic E-state index is -2.56. The molecule has 3 N–H and O–H groups in total. The fourth-order valence-corrected chi connectivity index (χ4v) is 2.85. The third-order valence-electron chi connectivity index (χ3n) is 4.07. The molecule has 0 amide bonds. The van der Waals surface area contributed by atoms with Gasteiger partial charge in [0.05, 0.1) is 6.54 Å². The number of rotatable bonds is 3.